The Morgan fingerprint density at radius 3 is 3.08 bits per heavy atom. The minimum Gasteiger partial charge on any atom is -0.296 e. The summed E-state index contributed by atoms with van der Waals surface area (Å²) in [4.78, 5) is 18.4. The summed E-state index contributed by atoms with van der Waals surface area (Å²) in [6, 6.07) is 0. The standard InChI is InChI=1S/C8H6ClN3O/c1-5-2-10-8-11-6(4-13)7(9)12(8)3-5/h2-4H,1H3. The number of aromatic nitrogens is 3. The largest absolute Gasteiger partial charge is 0.296 e. The highest BCUT2D eigenvalue weighted by atomic mass is 35.5. The first-order chi connectivity index (χ1) is 6.22. The molecule has 4 nitrogen and oxygen atoms in total. The van der Waals surface area contributed by atoms with Crippen molar-refractivity contribution in [1.82, 2.24) is 14.4 Å². The summed E-state index contributed by atoms with van der Waals surface area (Å²) in [5.74, 6) is 0.442. The molecule has 66 valence electrons. The smallest absolute Gasteiger partial charge is 0.235 e. The number of hydrogen-bond acceptors (Lipinski definition) is 3. The minimum atomic E-state index is 0.222. The number of carbonyl (C=O) groups excluding carboxylic acids is 1. The van der Waals surface area contributed by atoms with Crippen LogP contribution in [0.3, 0.4) is 0 Å². The van der Waals surface area contributed by atoms with Crippen molar-refractivity contribution in [1.29, 1.82) is 0 Å². The van der Waals surface area contributed by atoms with E-state index in [-0.39, 0.29) is 5.69 Å². The van der Waals surface area contributed by atoms with E-state index in [1.807, 2.05) is 6.92 Å². The number of rotatable bonds is 1. The summed E-state index contributed by atoms with van der Waals surface area (Å²) >= 11 is 5.86. The van der Waals surface area contributed by atoms with E-state index in [4.69, 9.17) is 11.6 Å². The van der Waals surface area contributed by atoms with Gasteiger partial charge in [-0.1, -0.05) is 11.6 Å². The number of nitrogens with zero attached hydrogens (tertiary/aromatic N) is 3. The molecule has 0 saturated carbocycles. The van der Waals surface area contributed by atoms with Crippen molar-refractivity contribution in [2.75, 3.05) is 0 Å². The van der Waals surface area contributed by atoms with Crippen molar-refractivity contribution >= 4 is 23.7 Å². The van der Waals surface area contributed by atoms with Crippen LogP contribution in [0.5, 0.6) is 0 Å². The Balaban J connectivity index is 2.84. The Kier molecular flexibility index (Phi) is 1.77. The zero-order valence-corrected chi connectivity index (χ0v) is 7.62. The van der Waals surface area contributed by atoms with Crippen LogP contribution in [0.1, 0.15) is 16.1 Å². The Morgan fingerprint density at radius 1 is 1.62 bits per heavy atom. The lowest BCUT2D eigenvalue weighted by Crippen LogP contribution is -1.89. The number of aryl methyl sites for hydroxylation is 1. The number of hydrogen-bond donors (Lipinski definition) is 0. The van der Waals surface area contributed by atoms with E-state index in [9.17, 15) is 4.79 Å². The average Bonchev–Trinajstić information content (AvgIpc) is 2.44. The molecule has 0 N–H and O–H groups in total. The lowest BCUT2D eigenvalue weighted by atomic mass is 10.4. The third-order valence-electron chi connectivity index (χ3n) is 1.69. The van der Waals surface area contributed by atoms with Crippen molar-refractivity contribution < 1.29 is 4.79 Å². The van der Waals surface area contributed by atoms with Crippen LogP contribution in [0.2, 0.25) is 5.15 Å². The van der Waals surface area contributed by atoms with Gasteiger partial charge in [0.25, 0.3) is 0 Å². The maximum Gasteiger partial charge on any atom is 0.235 e. The molecule has 0 fully saturated rings. The molecule has 0 aliphatic heterocycles. The van der Waals surface area contributed by atoms with Gasteiger partial charge in [-0.3, -0.25) is 9.20 Å². The van der Waals surface area contributed by atoms with Gasteiger partial charge in [-0.25, -0.2) is 9.97 Å². The van der Waals surface area contributed by atoms with Gasteiger partial charge in [0.15, 0.2) is 6.29 Å². The summed E-state index contributed by atoms with van der Waals surface area (Å²) in [5, 5.41) is 0.307. The summed E-state index contributed by atoms with van der Waals surface area (Å²) in [5.41, 5.74) is 1.18. The molecule has 2 aromatic rings. The van der Waals surface area contributed by atoms with E-state index in [1.165, 1.54) is 0 Å². The molecule has 2 rings (SSSR count). The quantitative estimate of drug-likeness (QED) is 0.648. The first kappa shape index (κ1) is 8.19. The lowest BCUT2D eigenvalue weighted by Gasteiger charge is -1.94. The van der Waals surface area contributed by atoms with E-state index >= 15 is 0 Å². The second-order valence-electron chi connectivity index (χ2n) is 2.71. The van der Waals surface area contributed by atoms with Gasteiger partial charge in [0.05, 0.1) is 0 Å². The fraction of sp³-hybridized carbons (Fsp3) is 0.125. The van der Waals surface area contributed by atoms with Crippen LogP contribution in [0.15, 0.2) is 12.4 Å². The van der Waals surface area contributed by atoms with Gasteiger partial charge in [-0.05, 0) is 12.5 Å². The zero-order chi connectivity index (χ0) is 9.42. The van der Waals surface area contributed by atoms with Crippen molar-refractivity contribution in [2.45, 2.75) is 6.92 Å². The maximum absolute atomic E-state index is 10.5. The monoisotopic (exact) mass is 195 g/mol. The van der Waals surface area contributed by atoms with Gasteiger partial charge in [-0.2, -0.15) is 0 Å². The normalized spacial score (nSPS) is 10.6. The number of halogens is 1. The van der Waals surface area contributed by atoms with Crippen LogP contribution in [-0.4, -0.2) is 20.7 Å². The number of aldehydes is 1. The Hall–Kier alpha value is -1.42. The molecule has 13 heavy (non-hydrogen) atoms. The van der Waals surface area contributed by atoms with E-state index in [0.717, 1.165) is 5.56 Å². The van der Waals surface area contributed by atoms with Crippen LogP contribution >= 0.6 is 11.6 Å². The molecule has 0 aliphatic rings. The number of fused-ring (bicyclic) bond motifs is 1. The van der Waals surface area contributed by atoms with Gasteiger partial charge in [-0.15, -0.1) is 0 Å². The lowest BCUT2D eigenvalue weighted by molar-refractivity contribution is 0.111. The maximum atomic E-state index is 10.5. The minimum absolute atomic E-state index is 0.222. The summed E-state index contributed by atoms with van der Waals surface area (Å²) in [6.45, 7) is 1.89. The van der Waals surface area contributed by atoms with Crippen LogP contribution in [0, 0.1) is 6.92 Å². The molecule has 0 unspecified atom stereocenters. The van der Waals surface area contributed by atoms with Crippen molar-refractivity contribution in [2.24, 2.45) is 0 Å². The topological polar surface area (TPSA) is 47.3 Å². The second-order valence-corrected chi connectivity index (χ2v) is 3.07. The highest BCUT2D eigenvalue weighted by molar-refractivity contribution is 6.32. The molecule has 5 heteroatoms. The van der Waals surface area contributed by atoms with E-state index in [2.05, 4.69) is 9.97 Å². The Morgan fingerprint density at radius 2 is 2.38 bits per heavy atom. The molecule has 0 spiro atoms. The molecule has 0 saturated heterocycles. The molecule has 2 aromatic heterocycles. The molecule has 0 bridgehead atoms. The van der Waals surface area contributed by atoms with Crippen molar-refractivity contribution in [3.63, 3.8) is 0 Å². The molecular formula is C8H6ClN3O. The molecule has 0 aromatic carbocycles. The van der Waals surface area contributed by atoms with Crippen molar-refractivity contribution in [3.05, 3.63) is 28.8 Å². The molecule has 0 aliphatic carbocycles. The Labute approximate surface area is 79.2 Å². The van der Waals surface area contributed by atoms with Crippen LogP contribution in [-0.2, 0) is 0 Å². The van der Waals surface area contributed by atoms with Gasteiger partial charge in [0, 0.05) is 12.4 Å². The van der Waals surface area contributed by atoms with Crippen LogP contribution in [0.25, 0.3) is 5.78 Å². The van der Waals surface area contributed by atoms with Gasteiger partial charge < -0.3 is 0 Å². The first-order valence-electron chi connectivity index (χ1n) is 3.68. The number of imidazole rings is 1. The summed E-state index contributed by atoms with van der Waals surface area (Å²) in [7, 11) is 0. The first-order valence-corrected chi connectivity index (χ1v) is 4.05. The predicted octanol–water partition coefficient (Wildman–Crippen LogP) is 1.50. The van der Waals surface area contributed by atoms with E-state index in [0.29, 0.717) is 17.2 Å². The Bertz CT molecular complexity index is 477. The molecule has 2 heterocycles. The fourth-order valence-electron chi connectivity index (χ4n) is 1.10. The summed E-state index contributed by atoms with van der Waals surface area (Å²) in [6.07, 6.45) is 4.07. The predicted molar refractivity (Wildman–Crippen MR) is 48.1 cm³/mol. The summed E-state index contributed by atoms with van der Waals surface area (Å²) < 4.78 is 1.58. The third-order valence-corrected chi connectivity index (χ3v) is 2.06. The van der Waals surface area contributed by atoms with Gasteiger partial charge in [0.1, 0.15) is 10.8 Å². The zero-order valence-electron chi connectivity index (χ0n) is 6.86. The van der Waals surface area contributed by atoms with E-state index in [1.54, 1.807) is 16.8 Å². The van der Waals surface area contributed by atoms with Gasteiger partial charge >= 0.3 is 0 Å². The fourth-order valence-corrected chi connectivity index (χ4v) is 1.31. The second kappa shape index (κ2) is 2.81. The average molecular weight is 196 g/mol. The molecule has 0 atom stereocenters. The van der Waals surface area contributed by atoms with Gasteiger partial charge in [0.2, 0.25) is 5.78 Å². The third kappa shape index (κ3) is 1.19. The highest BCUT2D eigenvalue weighted by Gasteiger charge is 2.09. The van der Waals surface area contributed by atoms with Crippen LogP contribution < -0.4 is 0 Å². The number of carbonyl (C=O) groups is 1. The van der Waals surface area contributed by atoms with Crippen molar-refractivity contribution in [3.8, 4) is 0 Å². The molecular weight excluding hydrogens is 190 g/mol. The molecule has 0 amide bonds. The SMILES string of the molecule is Cc1cnc2nc(C=O)c(Cl)n2c1. The molecule has 0 radical (unpaired) electrons. The highest BCUT2D eigenvalue weighted by Crippen LogP contribution is 2.15. The van der Waals surface area contributed by atoms with E-state index < -0.39 is 0 Å². The van der Waals surface area contributed by atoms with Crippen LogP contribution in [0.4, 0.5) is 0 Å².